The van der Waals surface area contributed by atoms with E-state index in [-0.39, 0.29) is 5.91 Å². The van der Waals surface area contributed by atoms with Crippen LogP contribution in [-0.4, -0.2) is 36.0 Å². The quantitative estimate of drug-likeness (QED) is 0.189. The predicted molar refractivity (Wildman–Crippen MR) is 54.8 cm³/mol. The van der Waals surface area contributed by atoms with Gasteiger partial charge >= 0.3 is 12.1 Å². The molecule has 0 rings (SSSR count). The first-order valence-electron chi connectivity index (χ1n) is 3.99. The van der Waals surface area contributed by atoms with Crippen molar-refractivity contribution in [2.45, 2.75) is 13.0 Å². The molecule has 0 radical (unpaired) electrons. The number of carbonyl (C=O) groups excluding carboxylic acids is 3. The van der Waals surface area contributed by atoms with Gasteiger partial charge in [0.25, 0.3) is 0 Å². The van der Waals surface area contributed by atoms with Crippen molar-refractivity contribution in [2.75, 3.05) is 12.0 Å². The lowest BCUT2D eigenvalue weighted by Gasteiger charge is -2.14. The van der Waals surface area contributed by atoms with Crippen molar-refractivity contribution in [1.29, 1.82) is 0 Å². The van der Waals surface area contributed by atoms with Gasteiger partial charge < -0.3 is 10.1 Å². The summed E-state index contributed by atoms with van der Waals surface area (Å²) in [6.07, 6.45) is 0.696. The number of nitrogens with one attached hydrogen (secondary N) is 2. The fraction of sp³-hybridized carbons (Fsp3) is 0.571. The molecule has 0 aliphatic heterocycles. The highest BCUT2D eigenvalue weighted by atomic mass is 32.2. The lowest BCUT2D eigenvalue weighted by atomic mass is 10.3. The molecule has 0 unspecified atom stereocenters. The van der Waals surface area contributed by atoms with Crippen molar-refractivity contribution < 1.29 is 19.1 Å². The van der Waals surface area contributed by atoms with Crippen molar-refractivity contribution >= 4 is 29.7 Å². The molecule has 2 amide bonds. The van der Waals surface area contributed by atoms with Gasteiger partial charge in [0, 0.05) is 12.7 Å². The third-order valence-electron chi connectivity index (χ3n) is 1.31. The monoisotopic (exact) mass is 235 g/mol. The van der Waals surface area contributed by atoms with E-state index < -0.39 is 18.1 Å². The third-order valence-corrected chi connectivity index (χ3v) is 1.97. The molecular formula is C7H13N3O4S. The van der Waals surface area contributed by atoms with Gasteiger partial charge in [0.1, 0.15) is 6.04 Å². The molecule has 0 aromatic rings. The first-order chi connectivity index (χ1) is 7.01. The topological polar surface area (TPSA) is 111 Å². The first-order valence-corrected chi connectivity index (χ1v) is 5.39. The summed E-state index contributed by atoms with van der Waals surface area (Å²) in [4.78, 5) is 32.6. The molecule has 0 saturated carbocycles. The number of ether oxygens (including phenoxy) is 1. The maximum Gasteiger partial charge on any atom is 0.429 e. The average Bonchev–Trinajstić information content (AvgIpc) is 2.16. The number of carbonyl (C=O) groups is 3. The highest BCUT2D eigenvalue weighted by Crippen LogP contribution is 2.00. The summed E-state index contributed by atoms with van der Waals surface area (Å²) in [6.45, 7) is 1.27. The molecular weight excluding hydrogens is 222 g/mol. The second kappa shape index (κ2) is 7.07. The molecule has 0 aromatic carbocycles. The van der Waals surface area contributed by atoms with Crippen molar-refractivity contribution in [3.8, 4) is 0 Å². The summed E-state index contributed by atoms with van der Waals surface area (Å²) in [5.41, 5.74) is 1.64. The SMILES string of the molecule is CSC[C@H](NC(C)=O)C(=O)OC(=O)NN. The summed E-state index contributed by atoms with van der Waals surface area (Å²) < 4.78 is 4.27. The summed E-state index contributed by atoms with van der Waals surface area (Å²) in [6, 6.07) is -0.852. The van der Waals surface area contributed by atoms with Crippen LogP contribution in [0.25, 0.3) is 0 Å². The Morgan fingerprint density at radius 1 is 1.47 bits per heavy atom. The van der Waals surface area contributed by atoms with Gasteiger partial charge in [0.15, 0.2) is 0 Å². The van der Waals surface area contributed by atoms with Crippen molar-refractivity contribution in [3.05, 3.63) is 0 Å². The molecule has 86 valence electrons. The van der Waals surface area contributed by atoms with E-state index in [1.54, 1.807) is 11.7 Å². The van der Waals surface area contributed by atoms with E-state index in [4.69, 9.17) is 5.84 Å². The standard InChI is InChI=1S/C7H13N3O4S/c1-4(11)9-5(3-15-2)6(12)14-7(13)10-8/h5H,3,8H2,1-2H3,(H,9,11)(H,10,13)/t5-/m0/s1. The van der Waals surface area contributed by atoms with E-state index in [1.165, 1.54) is 18.7 Å². The number of hydrazine groups is 1. The van der Waals surface area contributed by atoms with E-state index in [9.17, 15) is 14.4 Å². The van der Waals surface area contributed by atoms with Gasteiger partial charge in [-0.2, -0.15) is 11.8 Å². The minimum Gasteiger partial charge on any atom is -0.374 e. The Balaban J connectivity index is 4.27. The van der Waals surface area contributed by atoms with E-state index in [2.05, 4.69) is 10.1 Å². The predicted octanol–water partition coefficient (Wildman–Crippen LogP) is -1.02. The molecule has 0 aliphatic rings. The van der Waals surface area contributed by atoms with Crippen LogP contribution in [-0.2, 0) is 14.3 Å². The van der Waals surface area contributed by atoms with Crippen molar-refractivity contribution in [2.24, 2.45) is 5.84 Å². The number of hydrogen-bond acceptors (Lipinski definition) is 6. The normalized spacial score (nSPS) is 11.4. The van der Waals surface area contributed by atoms with Crippen molar-refractivity contribution in [1.82, 2.24) is 10.7 Å². The molecule has 0 aromatic heterocycles. The molecule has 1 atom stereocenters. The number of esters is 1. The number of nitrogens with two attached hydrogens (primary N) is 1. The van der Waals surface area contributed by atoms with Crippen LogP contribution >= 0.6 is 11.8 Å². The Morgan fingerprint density at radius 2 is 2.07 bits per heavy atom. The van der Waals surface area contributed by atoms with Crippen LogP contribution in [0.5, 0.6) is 0 Å². The Kier molecular flexibility index (Phi) is 6.47. The lowest BCUT2D eigenvalue weighted by molar-refractivity contribution is -0.141. The summed E-state index contributed by atoms with van der Waals surface area (Å²) in [5, 5.41) is 2.35. The fourth-order valence-corrected chi connectivity index (χ4v) is 1.33. The van der Waals surface area contributed by atoms with Crippen LogP contribution < -0.4 is 16.6 Å². The van der Waals surface area contributed by atoms with Gasteiger partial charge in [0.05, 0.1) is 0 Å². The Morgan fingerprint density at radius 3 is 2.47 bits per heavy atom. The smallest absolute Gasteiger partial charge is 0.374 e. The van der Waals surface area contributed by atoms with Crippen LogP contribution in [0.4, 0.5) is 4.79 Å². The second-order valence-corrected chi connectivity index (χ2v) is 3.47. The third kappa shape index (κ3) is 5.92. The van der Waals surface area contributed by atoms with Gasteiger partial charge in [-0.1, -0.05) is 0 Å². The summed E-state index contributed by atoms with van der Waals surface area (Å²) in [5.74, 6) is 3.82. The zero-order valence-electron chi connectivity index (χ0n) is 8.40. The minimum atomic E-state index is -1.06. The molecule has 0 spiro atoms. The Bertz CT molecular complexity index is 259. The molecule has 7 nitrogen and oxygen atoms in total. The molecule has 15 heavy (non-hydrogen) atoms. The van der Waals surface area contributed by atoms with Crippen LogP contribution in [0.3, 0.4) is 0 Å². The number of hydrogen-bond donors (Lipinski definition) is 3. The average molecular weight is 235 g/mol. The van der Waals surface area contributed by atoms with Crippen LogP contribution in [0.15, 0.2) is 0 Å². The molecule has 4 N–H and O–H groups in total. The molecule has 0 bridgehead atoms. The number of amides is 2. The number of rotatable bonds is 4. The maximum atomic E-state index is 11.3. The summed E-state index contributed by atoms with van der Waals surface area (Å²) in [7, 11) is 0. The minimum absolute atomic E-state index is 0.316. The largest absolute Gasteiger partial charge is 0.429 e. The first kappa shape index (κ1) is 13.7. The molecule has 0 heterocycles. The van der Waals surface area contributed by atoms with Gasteiger partial charge in [0.2, 0.25) is 5.91 Å². The zero-order valence-corrected chi connectivity index (χ0v) is 9.22. The van der Waals surface area contributed by atoms with Crippen LogP contribution in [0.1, 0.15) is 6.92 Å². The molecule has 0 aliphatic carbocycles. The summed E-state index contributed by atoms with van der Waals surface area (Å²) >= 11 is 1.34. The maximum absolute atomic E-state index is 11.3. The molecule has 0 fully saturated rings. The van der Waals surface area contributed by atoms with Gasteiger partial charge in [-0.25, -0.2) is 15.4 Å². The Hall–Kier alpha value is -1.28. The highest BCUT2D eigenvalue weighted by molar-refractivity contribution is 7.98. The molecule has 8 heteroatoms. The highest BCUT2D eigenvalue weighted by Gasteiger charge is 2.22. The zero-order chi connectivity index (χ0) is 11.8. The van der Waals surface area contributed by atoms with Gasteiger partial charge in [-0.05, 0) is 6.26 Å². The van der Waals surface area contributed by atoms with Crippen LogP contribution in [0.2, 0.25) is 0 Å². The molecule has 0 saturated heterocycles. The van der Waals surface area contributed by atoms with E-state index in [0.717, 1.165) is 0 Å². The van der Waals surface area contributed by atoms with E-state index >= 15 is 0 Å². The van der Waals surface area contributed by atoms with Gasteiger partial charge in [-0.3, -0.25) is 10.2 Å². The Labute approximate surface area is 91.1 Å². The van der Waals surface area contributed by atoms with Gasteiger partial charge in [-0.15, -0.1) is 0 Å². The van der Waals surface area contributed by atoms with Crippen molar-refractivity contribution in [3.63, 3.8) is 0 Å². The lowest BCUT2D eigenvalue weighted by Crippen LogP contribution is -2.45. The van der Waals surface area contributed by atoms with E-state index in [0.29, 0.717) is 5.75 Å². The second-order valence-electron chi connectivity index (χ2n) is 2.56. The van der Waals surface area contributed by atoms with E-state index in [1.807, 2.05) is 0 Å². The van der Waals surface area contributed by atoms with Crippen LogP contribution in [0, 0.1) is 0 Å². The fourth-order valence-electron chi connectivity index (χ4n) is 0.773. The number of thioether (sulfide) groups is 1.